The van der Waals surface area contributed by atoms with Crippen molar-refractivity contribution in [2.24, 2.45) is 5.10 Å². The van der Waals surface area contributed by atoms with Crippen molar-refractivity contribution in [2.45, 2.75) is 44.9 Å². The molecule has 2 rings (SSSR count). The predicted octanol–water partition coefficient (Wildman–Crippen LogP) is 3.90. The minimum absolute atomic E-state index is 0.0192. The molecule has 0 bridgehead atoms. The second kappa shape index (κ2) is 7.48. The molecule has 0 spiro atoms. The summed E-state index contributed by atoms with van der Waals surface area (Å²) in [7, 11) is -4.01. The van der Waals surface area contributed by atoms with Crippen molar-refractivity contribution in [2.75, 3.05) is 0 Å². The third kappa shape index (κ3) is 4.91. The number of hydrogen-bond donors (Lipinski definition) is 1. The maximum absolute atomic E-state index is 12.4. The molecule has 8 heteroatoms. The van der Waals surface area contributed by atoms with E-state index in [2.05, 4.69) is 30.7 Å². The molecule has 0 aromatic heterocycles. The van der Waals surface area contributed by atoms with Gasteiger partial charge < -0.3 is 0 Å². The van der Waals surface area contributed by atoms with E-state index in [1.807, 2.05) is 24.3 Å². The van der Waals surface area contributed by atoms with E-state index in [0.717, 1.165) is 17.2 Å². The van der Waals surface area contributed by atoms with Crippen LogP contribution < -0.4 is 4.83 Å². The van der Waals surface area contributed by atoms with E-state index >= 15 is 0 Å². The van der Waals surface area contributed by atoms with Gasteiger partial charge in [0, 0.05) is 11.6 Å². The number of rotatable bonds is 5. The van der Waals surface area contributed by atoms with Gasteiger partial charge in [-0.15, -0.1) is 0 Å². The van der Waals surface area contributed by atoms with Crippen LogP contribution in [0.4, 0.5) is 5.69 Å². The highest BCUT2D eigenvalue weighted by atomic mass is 32.2. The second-order valence-electron chi connectivity index (χ2n) is 7.32. The average Bonchev–Trinajstić information content (AvgIpc) is 2.59. The Morgan fingerprint density at radius 3 is 2.22 bits per heavy atom. The van der Waals surface area contributed by atoms with Gasteiger partial charge in [0.2, 0.25) is 0 Å². The molecule has 7 nitrogen and oxygen atoms in total. The van der Waals surface area contributed by atoms with Crippen molar-refractivity contribution in [1.29, 1.82) is 0 Å². The summed E-state index contributed by atoms with van der Waals surface area (Å²) in [6.07, 6.45) is 0. The van der Waals surface area contributed by atoms with Crippen molar-refractivity contribution in [3.05, 3.63) is 69.3 Å². The van der Waals surface area contributed by atoms with Gasteiger partial charge in [0.15, 0.2) is 0 Å². The van der Waals surface area contributed by atoms with Crippen LogP contribution in [0.15, 0.2) is 52.5 Å². The predicted molar refractivity (Wildman–Crippen MR) is 106 cm³/mol. The molecule has 0 aliphatic carbocycles. The molecule has 0 aliphatic rings. The van der Waals surface area contributed by atoms with Crippen LogP contribution in [-0.2, 0) is 15.4 Å². The molecule has 144 valence electrons. The van der Waals surface area contributed by atoms with E-state index < -0.39 is 14.9 Å². The van der Waals surface area contributed by atoms with Crippen molar-refractivity contribution >= 4 is 21.4 Å². The molecule has 0 amide bonds. The van der Waals surface area contributed by atoms with Crippen LogP contribution in [0, 0.1) is 17.0 Å². The number of nitro groups is 1. The Hall–Kier alpha value is -2.74. The van der Waals surface area contributed by atoms with Gasteiger partial charge in [0.05, 0.1) is 15.5 Å². The summed E-state index contributed by atoms with van der Waals surface area (Å²) in [5.74, 6) is 0. The lowest BCUT2D eigenvalue weighted by atomic mass is 9.86. The zero-order valence-corrected chi connectivity index (χ0v) is 16.8. The third-order valence-corrected chi connectivity index (χ3v) is 5.40. The van der Waals surface area contributed by atoms with Gasteiger partial charge in [-0.05, 0) is 36.5 Å². The fourth-order valence-corrected chi connectivity index (χ4v) is 3.29. The maximum atomic E-state index is 12.4. The van der Waals surface area contributed by atoms with Crippen molar-refractivity contribution in [3.63, 3.8) is 0 Å². The molecule has 0 unspecified atom stereocenters. The van der Waals surface area contributed by atoms with E-state index in [1.54, 1.807) is 13.8 Å². The first-order valence-electron chi connectivity index (χ1n) is 8.34. The molecule has 0 saturated carbocycles. The molecule has 0 radical (unpaired) electrons. The van der Waals surface area contributed by atoms with Gasteiger partial charge in [-0.3, -0.25) is 10.1 Å². The maximum Gasteiger partial charge on any atom is 0.276 e. The summed E-state index contributed by atoms with van der Waals surface area (Å²) in [5.41, 5.74) is 2.58. The zero-order chi connectivity index (χ0) is 20.4. The minimum Gasteiger partial charge on any atom is -0.258 e. The quantitative estimate of drug-likeness (QED) is 0.476. The monoisotopic (exact) mass is 389 g/mol. The fraction of sp³-hybridized carbons (Fsp3) is 0.316. The number of aryl methyl sites for hydroxylation is 1. The molecule has 27 heavy (non-hydrogen) atoms. The molecular weight excluding hydrogens is 366 g/mol. The average molecular weight is 389 g/mol. The van der Waals surface area contributed by atoms with Gasteiger partial charge in [0.25, 0.3) is 15.7 Å². The van der Waals surface area contributed by atoms with Crippen LogP contribution >= 0.6 is 0 Å². The van der Waals surface area contributed by atoms with Crippen molar-refractivity contribution in [1.82, 2.24) is 4.83 Å². The standard InChI is InChI=1S/C19H23N3O4S/c1-13-6-11-17(12-18(13)22(23)24)27(25,26)21-20-14(2)15-7-9-16(10-8-15)19(3,4)5/h6-12,21H,1-5H3. The lowest BCUT2D eigenvalue weighted by Gasteiger charge is -2.19. The normalized spacial score (nSPS) is 12.7. The molecule has 1 N–H and O–H groups in total. The van der Waals surface area contributed by atoms with Gasteiger partial charge in [0.1, 0.15) is 0 Å². The number of nitro benzene ring substituents is 1. The Morgan fingerprint density at radius 1 is 1.11 bits per heavy atom. The van der Waals surface area contributed by atoms with Crippen LogP contribution in [0.25, 0.3) is 0 Å². The second-order valence-corrected chi connectivity index (χ2v) is 8.99. The number of hydrazone groups is 1. The third-order valence-electron chi connectivity index (χ3n) is 4.19. The van der Waals surface area contributed by atoms with E-state index in [4.69, 9.17) is 0 Å². The van der Waals surface area contributed by atoms with Crippen LogP contribution in [-0.4, -0.2) is 19.1 Å². The summed E-state index contributed by atoms with van der Waals surface area (Å²) in [6.45, 7) is 9.56. The first kappa shape index (κ1) is 20.6. The van der Waals surface area contributed by atoms with E-state index in [-0.39, 0.29) is 16.0 Å². The van der Waals surface area contributed by atoms with Crippen molar-refractivity contribution in [3.8, 4) is 0 Å². The Labute approximate surface area is 159 Å². The molecule has 2 aromatic carbocycles. The summed E-state index contributed by atoms with van der Waals surface area (Å²) < 4.78 is 24.8. The summed E-state index contributed by atoms with van der Waals surface area (Å²) >= 11 is 0. The number of hydrogen-bond acceptors (Lipinski definition) is 5. The Balaban J connectivity index is 2.25. The number of nitrogens with zero attached hydrogens (tertiary/aromatic N) is 2. The Morgan fingerprint density at radius 2 is 1.70 bits per heavy atom. The highest BCUT2D eigenvalue weighted by Crippen LogP contribution is 2.23. The topological polar surface area (TPSA) is 102 Å². The van der Waals surface area contributed by atoms with Crippen LogP contribution in [0.1, 0.15) is 44.4 Å². The highest BCUT2D eigenvalue weighted by Gasteiger charge is 2.19. The molecule has 2 aromatic rings. The lowest BCUT2D eigenvalue weighted by Crippen LogP contribution is -2.20. The van der Waals surface area contributed by atoms with E-state index in [1.165, 1.54) is 12.1 Å². The van der Waals surface area contributed by atoms with E-state index in [9.17, 15) is 18.5 Å². The van der Waals surface area contributed by atoms with Gasteiger partial charge in [-0.1, -0.05) is 51.1 Å². The van der Waals surface area contributed by atoms with Gasteiger partial charge in [-0.2, -0.15) is 18.4 Å². The van der Waals surface area contributed by atoms with Crippen LogP contribution in [0.3, 0.4) is 0 Å². The zero-order valence-electron chi connectivity index (χ0n) is 16.0. The molecule has 0 saturated heterocycles. The highest BCUT2D eigenvalue weighted by molar-refractivity contribution is 7.89. The van der Waals surface area contributed by atoms with Crippen molar-refractivity contribution < 1.29 is 13.3 Å². The summed E-state index contributed by atoms with van der Waals surface area (Å²) in [6, 6.07) is 11.5. The number of nitrogens with one attached hydrogen (secondary N) is 1. The summed E-state index contributed by atoms with van der Waals surface area (Å²) in [4.78, 5) is 12.3. The number of benzene rings is 2. The Bertz CT molecular complexity index is 989. The van der Waals surface area contributed by atoms with E-state index in [0.29, 0.717) is 11.3 Å². The minimum atomic E-state index is -4.01. The molecule has 0 fully saturated rings. The van der Waals surface area contributed by atoms with Gasteiger partial charge >= 0.3 is 0 Å². The van der Waals surface area contributed by atoms with Crippen LogP contribution in [0.5, 0.6) is 0 Å². The molecule has 0 atom stereocenters. The smallest absolute Gasteiger partial charge is 0.258 e. The van der Waals surface area contributed by atoms with Gasteiger partial charge in [-0.25, -0.2) is 0 Å². The summed E-state index contributed by atoms with van der Waals surface area (Å²) in [5, 5.41) is 15.0. The molecule has 0 aliphatic heterocycles. The number of sulfonamides is 1. The van der Waals surface area contributed by atoms with Crippen LogP contribution in [0.2, 0.25) is 0 Å². The molecular formula is C19H23N3O4S. The lowest BCUT2D eigenvalue weighted by molar-refractivity contribution is -0.385. The molecule has 0 heterocycles. The SMILES string of the molecule is CC(=NNS(=O)(=O)c1ccc(C)c([N+](=O)[O-])c1)c1ccc(C(C)(C)C)cc1. The first-order valence-corrected chi connectivity index (χ1v) is 9.82. The first-order chi connectivity index (χ1) is 12.4. The largest absolute Gasteiger partial charge is 0.276 e. The fourth-order valence-electron chi connectivity index (χ4n) is 2.41. The Kier molecular flexibility index (Phi) is 5.70.